The van der Waals surface area contributed by atoms with Crippen molar-refractivity contribution in [2.24, 2.45) is 0 Å². The molecule has 6 heteroatoms. The summed E-state index contributed by atoms with van der Waals surface area (Å²) in [4.78, 5) is 25.3. The zero-order valence-corrected chi connectivity index (χ0v) is 12.6. The van der Waals surface area contributed by atoms with Crippen LogP contribution >= 0.6 is 0 Å². The van der Waals surface area contributed by atoms with Crippen LogP contribution in [0, 0.1) is 0 Å². The normalized spacial score (nSPS) is 10.8. The Hall–Kier alpha value is -3.54. The SMILES string of the molecule is Nc1nc(C(=O)Nc2cccc3cccnc23)c2ccccc2n1. The van der Waals surface area contributed by atoms with E-state index in [0.717, 1.165) is 10.9 Å². The number of pyridine rings is 1. The van der Waals surface area contributed by atoms with Crippen LogP contribution in [0.5, 0.6) is 0 Å². The number of benzene rings is 2. The fraction of sp³-hybridized carbons (Fsp3) is 0. The maximum atomic E-state index is 12.7. The fourth-order valence-electron chi connectivity index (χ4n) is 2.65. The number of carbonyl (C=O) groups is 1. The number of nitrogens with one attached hydrogen (secondary N) is 1. The van der Waals surface area contributed by atoms with E-state index < -0.39 is 0 Å². The summed E-state index contributed by atoms with van der Waals surface area (Å²) < 4.78 is 0. The minimum atomic E-state index is -0.349. The number of aromatic nitrogens is 3. The molecule has 24 heavy (non-hydrogen) atoms. The Morgan fingerprint density at radius 3 is 2.71 bits per heavy atom. The summed E-state index contributed by atoms with van der Waals surface area (Å²) >= 11 is 0. The van der Waals surface area contributed by atoms with Gasteiger partial charge in [0, 0.05) is 17.0 Å². The van der Waals surface area contributed by atoms with E-state index in [1.54, 1.807) is 24.4 Å². The monoisotopic (exact) mass is 315 g/mol. The van der Waals surface area contributed by atoms with Crippen molar-refractivity contribution in [1.82, 2.24) is 15.0 Å². The molecule has 2 aromatic carbocycles. The minimum Gasteiger partial charge on any atom is -0.368 e. The Labute approximate surface area is 137 Å². The van der Waals surface area contributed by atoms with Crippen molar-refractivity contribution in [3.05, 3.63) is 66.5 Å². The Bertz CT molecular complexity index is 1070. The topological polar surface area (TPSA) is 93.8 Å². The van der Waals surface area contributed by atoms with Gasteiger partial charge in [0.05, 0.1) is 16.7 Å². The van der Waals surface area contributed by atoms with Gasteiger partial charge in [-0.3, -0.25) is 9.78 Å². The van der Waals surface area contributed by atoms with E-state index in [4.69, 9.17) is 5.73 Å². The Kier molecular flexibility index (Phi) is 3.28. The van der Waals surface area contributed by atoms with Crippen molar-refractivity contribution < 1.29 is 4.79 Å². The van der Waals surface area contributed by atoms with Crippen molar-refractivity contribution in [2.45, 2.75) is 0 Å². The fourth-order valence-corrected chi connectivity index (χ4v) is 2.65. The molecule has 2 heterocycles. The van der Waals surface area contributed by atoms with Crippen LogP contribution in [0.4, 0.5) is 11.6 Å². The molecule has 0 bridgehead atoms. The van der Waals surface area contributed by atoms with Gasteiger partial charge >= 0.3 is 0 Å². The van der Waals surface area contributed by atoms with Gasteiger partial charge in [-0.15, -0.1) is 0 Å². The highest BCUT2D eigenvalue weighted by Gasteiger charge is 2.15. The molecule has 3 N–H and O–H groups in total. The Balaban J connectivity index is 1.80. The molecule has 4 rings (SSSR count). The van der Waals surface area contributed by atoms with Crippen molar-refractivity contribution in [3.63, 3.8) is 0 Å². The molecule has 6 nitrogen and oxygen atoms in total. The van der Waals surface area contributed by atoms with Crippen LogP contribution in [0.15, 0.2) is 60.8 Å². The molecule has 0 aliphatic heterocycles. The molecule has 0 saturated heterocycles. The number of fused-ring (bicyclic) bond motifs is 2. The van der Waals surface area contributed by atoms with E-state index in [0.29, 0.717) is 16.6 Å². The zero-order chi connectivity index (χ0) is 16.5. The number of hydrogen-bond acceptors (Lipinski definition) is 5. The first-order valence-corrected chi connectivity index (χ1v) is 7.40. The molecular formula is C18H13N5O. The highest BCUT2D eigenvalue weighted by Crippen LogP contribution is 2.23. The highest BCUT2D eigenvalue weighted by atomic mass is 16.1. The Morgan fingerprint density at radius 2 is 1.79 bits per heavy atom. The maximum absolute atomic E-state index is 12.7. The summed E-state index contributed by atoms with van der Waals surface area (Å²) in [6.45, 7) is 0. The summed E-state index contributed by atoms with van der Waals surface area (Å²) in [6, 6.07) is 16.7. The first-order valence-electron chi connectivity index (χ1n) is 7.40. The molecule has 2 aromatic heterocycles. The number of nitrogen functional groups attached to an aromatic ring is 1. The molecule has 0 aliphatic carbocycles. The summed E-state index contributed by atoms with van der Waals surface area (Å²) in [5, 5.41) is 4.47. The van der Waals surface area contributed by atoms with E-state index >= 15 is 0 Å². The van der Waals surface area contributed by atoms with Gasteiger partial charge in [0.1, 0.15) is 5.69 Å². The molecule has 0 aliphatic rings. The van der Waals surface area contributed by atoms with Crippen LogP contribution in [0.1, 0.15) is 10.5 Å². The Morgan fingerprint density at radius 1 is 0.958 bits per heavy atom. The van der Waals surface area contributed by atoms with Crippen LogP contribution < -0.4 is 11.1 Å². The zero-order valence-electron chi connectivity index (χ0n) is 12.6. The molecule has 1 amide bonds. The average molecular weight is 315 g/mol. The largest absolute Gasteiger partial charge is 0.368 e. The lowest BCUT2D eigenvalue weighted by molar-refractivity contribution is 0.102. The number of nitrogens with two attached hydrogens (primary N) is 1. The highest BCUT2D eigenvalue weighted by molar-refractivity contribution is 6.13. The molecule has 0 fully saturated rings. The third kappa shape index (κ3) is 2.40. The minimum absolute atomic E-state index is 0.0647. The summed E-state index contributed by atoms with van der Waals surface area (Å²) in [5.41, 5.74) is 7.95. The van der Waals surface area contributed by atoms with E-state index in [-0.39, 0.29) is 17.5 Å². The second-order valence-electron chi connectivity index (χ2n) is 5.28. The average Bonchev–Trinajstić information content (AvgIpc) is 2.61. The smallest absolute Gasteiger partial charge is 0.275 e. The number of carbonyl (C=O) groups excluding carboxylic acids is 1. The maximum Gasteiger partial charge on any atom is 0.275 e. The lowest BCUT2D eigenvalue weighted by atomic mass is 10.1. The van der Waals surface area contributed by atoms with Gasteiger partial charge in [0.15, 0.2) is 0 Å². The van der Waals surface area contributed by atoms with Gasteiger partial charge < -0.3 is 11.1 Å². The predicted molar refractivity (Wildman–Crippen MR) is 93.6 cm³/mol. The van der Waals surface area contributed by atoms with Gasteiger partial charge in [-0.25, -0.2) is 9.97 Å². The molecule has 0 radical (unpaired) electrons. The summed E-state index contributed by atoms with van der Waals surface area (Å²) in [6.07, 6.45) is 1.69. The van der Waals surface area contributed by atoms with E-state index in [1.165, 1.54) is 0 Å². The van der Waals surface area contributed by atoms with Gasteiger partial charge in [-0.1, -0.05) is 36.4 Å². The van der Waals surface area contributed by atoms with E-state index in [2.05, 4.69) is 20.3 Å². The van der Waals surface area contributed by atoms with Crippen molar-refractivity contribution >= 4 is 39.3 Å². The molecular weight excluding hydrogens is 302 g/mol. The summed E-state index contributed by atoms with van der Waals surface area (Å²) in [7, 11) is 0. The molecule has 0 atom stereocenters. The van der Waals surface area contributed by atoms with Gasteiger partial charge in [-0.05, 0) is 18.2 Å². The van der Waals surface area contributed by atoms with Crippen molar-refractivity contribution in [1.29, 1.82) is 0 Å². The van der Waals surface area contributed by atoms with Crippen LogP contribution in [-0.4, -0.2) is 20.9 Å². The second kappa shape index (κ2) is 5.58. The lowest BCUT2D eigenvalue weighted by Crippen LogP contribution is -2.16. The number of nitrogens with zero attached hydrogens (tertiary/aromatic N) is 3. The number of para-hydroxylation sites is 2. The van der Waals surface area contributed by atoms with Crippen molar-refractivity contribution in [3.8, 4) is 0 Å². The van der Waals surface area contributed by atoms with Gasteiger partial charge in [0.2, 0.25) is 5.95 Å². The molecule has 0 spiro atoms. The first kappa shape index (κ1) is 14.1. The van der Waals surface area contributed by atoms with Crippen LogP contribution in [-0.2, 0) is 0 Å². The van der Waals surface area contributed by atoms with E-state index in [1.807, 2.05) is 36.4 Å². The first-order chi connectivity index (χ1) is 11.7. The standard InChI is InChI=1S/C18H13N5O/c19-18-22-13-8-2-1-7-12(13)16(23-18)17(24)21-14-9-3-5-11-6-4-10-20-15(11)14/h1-10H,(H,21,24)(H2,19,22,23). The van der Waals surface area contributed by atoms with Crippen LogP contribution in [0.25, 0.3) is 21.8 Å². The number of rotatable bonds is 2. The molecule has 116 valence electrons. The predicted octanol–water partition coefficient (Wildman–Crippen LogP) is 3.01. The molecule has 4 aromatic rings. The number of hydrogen-bond donors (Lipinski definition) is 2. The van der Waals surface area contributed by atoms with E-state index in [9.17, 15) is 4.79 Å². The third-order valence-corrected chi connectivity index (χ3v) is 3.72. The quantitative estimate of drug-likeness (QED) is 0.593. The molecule has 0 saturated carbocycles. The number of anilines is 2. The van der Waals surface area contributed by atoms with Gasteiger partial charge in [-0.2, -0.15) is 0 Å². The second-order valence-corrected chi connectivity index (χ2v) is 5.28. The number of amides is 1. The third-order valence-electron chi connectivity index (χ3n) is 3.72. The summed E-state index contributed by atoms with van der Waals surface area (Å²) in [5.74, 6) is -0.284. The molecule has 0 unspecified atom stereocenters. The van der Waals surface area contributed by atoms with Gasteiger partial charge in [0.25, 0.3) is 5.91 Å². The lowest BCUT2D eigenvalue weighted by Gasteiger charge is -2.09. The van der Waals surface area contributed by atoms with Crippen LogP contribution in [0.2, 0.25) is 0 Å². The van der Waals surface area contributed by atoms with Crippen molar-refractivity contribution in [2.75, 3.05) is 11.1 Å². The van der Waals surface area contributed by atoms with Crippen LogP contribution in [0.3, 0.4) is 0 Å².